The fraction of sp³-hybridized carbons (Fsp3) is 0.421. The molecule has 1 aromatic carbocycles. The second-order valence-corrected chi connectivity index (χ2v) is 6.72. The van der Waals surface area contributed by atoms with E-state index in [0.717, 1.165) is 55.6 Å². The summed E-state index contributed by atoms with van der Waals surface area (Å²) < 4.78 is 5.41. The minimum absolute atomic E-state index is 0.196. The fourth-order valence-electron chi connectivity index (χ4n) is 3.47. The molecule has 0 unspecified atom stereocenters. The lowest BCUT2D eigenvalue weighted by Crippen LogP contribution is -2.49. The molecular weight excluding hydrogens is 330 g/mol. The van der Waals surface area contributed by atoms with Gasteiger partial charge in [-0.05, 0) is 11.6 Å². The Bertz CT molecular complexity index is 892. The van der Waals surface area contributed by atoms with Gasteiger partial charge >= 0.3 is 0 Å². The monoisotopic (exact) mass is 353 g/mol. The number of nitrogens with one attached hydrogen (secondary N) is 1. The van der Waals surface area contributed by atoms with E-state index in [1.165, 1.54) is 0 Å². The predicted molar refractivity (Wildman–Crippen MR) is 97.8 cm³/mol. The first-order valence-corrected chi connectivity index (χ1v) is 9.03. The number of aromatic nitrogens is 3. The molecule has 7 nitrogen and oxygen atoms in total. The van der Waals surface area contributed by atoms with E-state index >= 15 is 0 Å². The van der Waals surface area contributed by atoms with Crippen LogP contribution in [0.15, 0.2) is 34.9 Å². The van der Waals surface area contributed by atoms with Crippen molar-refractivity contribution < 1.29 is 9.21 Å². The molecule has 0 atom stereocenters. The van der Waals surface area contributed by atoms with Crippen molar-refractivity contribution in [1.82, 2.24) is 25.0 Å². The molecule has 4 rings (SSSR count). The summed E-state index contributed by atoms with van der Waals surface area (Å²) in [5.74, 6) is 1.48. The van der Waals surface area contributed by atoms with Gasteiger partial charge in [-0.2, -0.15) is 0 Å². The van der Waals surface area contributed by atoms with Gasteiger partial charge in [0.05, 0.1) is 6.42 Å². The summed E-state index contributed by atoms with van der Waals surface area (Å²) in [6.07, 6.45) is 3.15. The van der Waals surface area contributed by atoms with Gasteiger partial charge < -0.3 is 14.3 Å². The van der Waals surface area contributed by atoms with Gasteiger partial charge in [0.25, 0.3) is 0 Å². The molecule has 0 aliphatic carbocycles. The molecule has 1 saturated heterocycles. The van der Waals surface area contributed by atoms with Gasteiger partial charge in [0, 0.05) is 63.2 Å². The Morgan fingerprint density at radius 1 is 1.19 bits per heavy atom. The highest BCUT2D eigenvalue weighted by Crippen LogP contribution is 2.19. The van der Waals surface area contributed by atoms with Gasteiger partial charge in [0.2, 0.25) is 17.7 Å². The summed E-state index contributed by atoms with van der Waals surface area (Å²) in [7, 11) is 0. The lowest BCUT2D eigenvalue weighted by atomic mass is 10.1. The van der Waals surface area contributed by atoms with Crippen molar-refractivity contribution in [2.45, 2.75) is 19.8 Å². The zero-order valence-electron chi connectivity index (χ0n) is 14.9. The molecule has 1 amide bonds. The highest BCUT2D eigenvalue weighted by molar-refractivity contribution is 5.88. The number of fused-ring (bicyclic) bond motifs is 1. The van der Waals surface area contributed by atoms with Crippen molar-refractivity contribution >= 4 is 16.8 Å². The summed E-state index contributed by atoms with van der Waals surface area (Å²) in [6, 6.07) is 8.10. The van der Waals surface area contributed by atoms with Gasteiger partial charge in [0.15, 0.2) is 0 Å². The van der Waals surface area contributed by atoms with E-state index in [2.05, 4.69) is 26.1 Å². The van der Waals surface area contributed by atoms with E-state index in [-0.39, 0.29) is 5.91 Å². The van der Waals surface area contributed by atoms with Gasteiger partial charge in [-0.15, -0.1) is 10.2 Å². The zero-order valence-corrected chi connectivity index (χ0v) is 14.9. The maximum atomic E-state index is 12.7. The first-order valence-electron chi connectivity index (χ1n) is 9.03. The Kier molecular flexibility index (Phi) is 4.71. The number of hydrogen-bond donors (Lipinski definition) is 1. The van der Waals surface area contributed by atoms with Crippen LogP contribution in [0.25, 0.3) is 10.9 Å². The Morgan fingerprint density at radius 3 is 2.77 bits per heavy atom. The van der Waals surface area contributed by atoms with E-state index in [9.17, 15) is 4.79 Å². The molecule has 0 saturated carbocycles. The van der Waals surface area contributed by atoms with E-state index in [0.29, 0.717) is 18.2 Å². The molecule has 0 bridgehead atoms. The van der Waals surface area contributed by atoms with Gasteiger partial charge in [-0.3, -0.25) is 9.69 Å². The second-order valence-electron chi connectivity index (χ2n) is 6.72. The lowest BCUT2D eigenvalue weighted by molar-refractivity contribution is -0.132. The Morgan fingerprint density at radius 2 is 2.00 bits per heavy atom. The summed E-state index contributed by atoms with van der Waals surface area (Å²) in [5, 5.41) is 9.01. The zero-order chi connectivity index (χ0) is 17.9. The van der Waals surface area contributed by atoms with Crippen molar-refractivity contribution in [3.05, 3.63) is 47.8 Å². The van der Waals surface area contributed by atoms with Gasteiger partial charge in [-0.1, -0.05) is 18.2 Å². The van der Waals surface area contributed by atoms with Crippen molar-refractivity contribution in [3.8, 4) is 0 Å². The number of hydrogen-bond acceptors (Lipinski definition) is 5. The second kappa shape index (κ2) is 7.29. The number of nitrogens with zero attached hydrogens (tertiary/aromatic N) is 4. The molecule has 26 heavy (non-hydrogen) atoms. The number of carbonyl (C=O) groups is 1. The lowest BCUT2D eigenvalue weighted by Gasteiger charge is -2.34. The minimum Gasteiger partial charge on any atom is -0.426 e. The quantitative estimate of drug-likeness (QED) is 0.757. The maximum absolute atomic E-state index is 12.7. The van der Waals surface area contributed by atoms with Crippen molar-refractivity contribution in [1.29, 1.82) is 0 Å². The molecule has 1 aliphatic rings. The van der Waals surface area contributed by atoms with Crippen molar-refractivity contribution in [2.75, 3.05) is 32.7 Å². The third kappa shape index (κ3) is 3.62. The number of amides is 1. The average Bonchev–Trinajstić information content (AvgIpc) is 3.27. The molecule has 0 radical (unpaired) electrons. The number of H-pyrrole nitrogens is 1. The number of rotatable bonds is 5. The summed E-state index contributed by atoms with van der Waals surface area (Å²) in [4.78, 5) is 20.2. The first-order chi connectivity index (χ1) is 12.7. The topological polar surface area (TPSA) is 78.3 Å². The van der Waals surface area contributed by atoms with Crippen molar-refractivity contribution in [2.24, 2.45) is 0 Å². The Balaban J connectivity index is 1.28. The van der Waals surface area contributed by atoms with Gasteiger partial charge in [-0.25, -0.2) is 0 Å². The van der Waals surface area contributed by atoms with Crippen LogP contribution in [-0.2, 0) is 17.6 Å². The van der Waals surface area contributed by atoms with E-state index in [1.54, 1.807) is 6.92 Å². The van der Waals surface area contributed by atoms with E-state index < -0.39 is 0 Å². The van der Waals surface area contributed by atoms with Gasteiger partial charge in [0.1, 0.15) is 0 Å². The number of aryl methyl sites for hydroxylation is 1. The van der Waals surface area contributed by atoms with Crippen LogP contribution in [0.5, 0.6) is 0 Å². The smallest absolute Gasteiger partial charge is 0.227 e. The van der Waals surface area contributed by atoms with Crippen LogP contribution < -0.4 is 0 Å². The minimum atomic E-state index is 0.196. The van der Waals surface area contributed by atoms with Crippen LogP contribution >= 0.6 is 0 Å². The molecule has 1 aliphatic heterocycles. The summed E-state index contributed by atoms with van der Waals surface area (Å²) >= 11 is 0. The van der Waals surface area contributed by atoms with Crippen LogP contribution in [0.1, 0.15) is 17.3 Å². The van der Waals surface area contributed by atoms with Crippen LogP contribution in [0.4, 0.5) is 0 Å². The molecule has 2 aromatic heterocycles. The average molecular weight is 353 g/mol. The maximum Gasteiger partial charge on any atom is 0.227 e. The molecule has 1 fully saturated rings. The van der Waals surface area contributed by atoms with Crippen LogP contribution in [0.2, 0.25) is 0 Å². The van der Waals surface area contributed by atoms with Crippen LogP contribution in [-0.4, -0.2) is 63.6 Å². The first kappa shape index (κ1) is 16.8. The Labute approximate surface area is 152 Å². The van der Waals surface area contributed by atoms with E-state index in [4.69, 9.17) is 4.42 Å². The number of benzene rings is 1. The molecule has 7 heteroatoms. The molecule has 136 valence electrons. The SMILES string of the molecule is Cc1nnc(CCN2CCN(C(=O)Cc3c[nH]c4ccccc34)CC2)o1. The summed E-state index contributed by atoms with van der Waals surface area (Å²) in [6.45, 7) is 5.98. The molecule has 1 N–H and O–H groups in total. The van der Waals surface area contributed by atoms with Crippen LogP contribution in [0.3, 0.4) is 0 Å². The highest BCUT2D eigenvalue weighted by Gasteiger charge is 2.22. The largest absolute Gasteiger partial charge is 0.426 e. The number of aromatic amines is 1. The predicted octanol–water partition coefficient (Wildman–Crippen LogP) is 1.79. The van der Waals surface area contributed by atoms with Crippen molar-refractivity contribution in [3.63, 3.8) is 0 Å². The molecule has 3 heterocycles. The number of piperazine rings is 1. The normalized spacial score (nSPS) is 15.7. The van der Waals surface area contributed by atoms with Crippen LogP contribution in [0, 0.1) is 6.92 Å². The van der Waals surface area contributed by atoms with E-state index in [1.807, 2.05) is 29.3 Å². The highest BCUT2D eigenvalue weighted by atomic mass is 16.4. The third-order valence-corrected chi connectivity index (χ3v) is 4.95. The Hall–Kier alpha value is -2.67. The fourth-order valence-corrected chi connectivity index (χ4v) is 3.47. The molecule has 0 spiro atoms. The molecular formula is C19H23N5O2. The number of para-hydroxylation sites is 1. The third-order valence-electron chi connectivity index (χ3n) is 4.95. The summed E-state index contributed by atoms with van der Waals surface area (Å²) in [5.41, 5.74) is 2.15. The standard InChI is InChI=1S/C19H23N5O2/c1-14-21-22-18(26-14)6-7-23-8-10-24(11-9-23)19(25)12-15-13-20-17-5-3-2-4-16(15)17/h2-5,13,20H,6-12H2,1H3. The number of carbonyl (C=O) groups excluding carboxylic acids is 1. The molecule has 3 aromatic rings.